The summed E-state index contributed by atoms with van der Waals surface area (Å²) in [5, 5.41) is 10.0. The van der Waals surface area contributed by atoms with E-state index in [1.165, 1.54) is 6.33 Å². The number of hydrogen-bond donors (Lipinski definition) is 1. The number of aromatic nitrogens is 2. The molecule has 0 aliphatic carbocycles. The van der Waals surface area contributed by atoms with Gasteiger partial charge in [-0.3, -0.25) is 4.79 Å². The third-order valence-electron chi connectivity index (χ3n) is 4.74. The van der Waals surface area contributed by atoms with E-state index >= 15 is 0 Å². The van der Waals surface area contributed by atoms with Crippen molar-refractivity contribution in [3.8, 4) is 0 Å². The van der Waals surface area contributed by atoms with Crippen LogP contribution < -0.4 is 0 Å². The molecule has 1 aromatic heterocycles. The van der Waals surface area contributed by atoms with Gasteiger partial charge in [0.05, 0.1) is 31.0 Å². The highest BCUT2D eigenvalue weighted by Gasteiger charge is 2.39. The fourth-order valence-corrected chi connectivity index (χ4v) is 3.20. The van der Waals surface area contributed by atoms with Crippen molar-refractivity contribution in [2.24, 2.45) is 0 Å². The highest BCUT2D eigenvalue weighted by Crippen LogP contribution is 2.25. The van der Waals surface area contributed by atoms with Gasteiger partial charge in [0.1, 0.15) is 11.9 Å². The molecule has 2 aromatic rings. The number of morpholine rings is 1. The SMILES string of the molecule is Cc1ccccc1C[C@]1(CO)CN(C(=O)c2cncnc2C)CCO1. The highest BCUT2D eigenvalue weighted by atomic mass is 16.5. The molecule has 2 heterocycles. The molecule has 1 amide bonds. The standard InChI is InChI=1S/C19H23N3O3/c1-14-5-3-4-6-16(14)9-19(12-23)11-22(7-8-25-19)18(24)17-10-20-13-21-15(17)2/h3-6,10,13,23H,7-9,11-12H2,1-2H3/t19-/m1/s1. The summed E-state index contributed by atoms with van der Waals surface area (Å²) < 4.78 is 5.95. The van der Waals surface area contributed by atoms with Crippen molar-refractivity contribution in [1.29, 1.82) is 0 Å². The average molecular weight is 341 g/mol. The number of amides is 1. The highest BCUT2D eigenvalue weighted by molar-refractivity contribution is 5.95. The molecule has 1 atom stereocenters. The lowest BCUT2D eigenvalue weighted by atomic mass is 9.90. The van der Waals surface area contributed by atoms with Crippen molar-refractivity contribution in [2.75, 3.05) is 26.3 Å². The van der Waals surface area contributed by atoms with Crippen LogP contribution in [0, 0.1) is 13.8 Å². The van der Waals surface area contributed by atoms with Crippen molar-refractivity contribution in [2.45, 2.75) is 25.9 Å². The number of aliphatic hydroxyl groups excluding tert-OH is 1. The van der Waals surface area contributed by atoms with Gasteiger partial charge >= 0.3 is 0 Å². The lowest BCUT2D eigenvalue weighted by molar-refractivity contribution is -0.123. The smallest absolute Gasteiger partial charge is 0.257 e. The molecule has 1 aliphatic rings. The topological polar surface area (TPSA) is 75.5 Å². The van der Waals surface area contributed by atoms with E-state index in [4.69, 9.17) is 4.74 Å². The van der Waals surface area contributed by atoms with Gasteiger partial charge in [0, 0.05) is 19.2 Å². The third-order valence-corrected chi connectivity index (χ3v) is 4.74. The fourth-order valence-electron chi connectivity index (χ4n) is 3.20. The molecule has 0 saturated carbocycles. The van der Waals surface area contributed by atoms with E-state index in [9.17, 15) is 9.90 Å². The molecule has 6 heteroatoms. The minimum atomic E-state index is -0.788. The van der Waals surface area contributed by atoms with Gasteiger partial charge < -0.3 is 14.7 Å². The van der Waals surface area contributed by atoms with Crippen LogP contribution in [0.5, 0.6) is 0 Å². The van der Waals surface area contributed by atoms with E-state index in [1.807, 2.05) is 31.2 Å². The number of nitrogens with zero attached hydrogens (tertiary/aromatic N) is 3. The zero-order valence-electron chi connectivity index (χ0n) is 14.6. The molecule has 0 radical (unpaired) electrons. The van der Waals surface area contributed by atoms with Gasteiger partial charge in [0.25, 0.3) is 5.91 Å². The maximum Gasteiger partial charge on any atom is 0.257 e. The Bertz CT molecular complexity index is 765. The second-order valence-electron chi connectivity index (χ2n) is 6.54. The summed E-state index contributed by atoms with van der Waals surface area (Å²) in [5.74, 6) is -0.121. The van der Waals surface area contributed by atoms with Gasteiger partial charge in [-0.2, -0.15) is 0 Å². The van der Waals surface area contributed by atoms with E-state index in [0.29, 0.717) is 37.4 Å². The Labute approximate surface area is 147 Å². The molecule has 1 fully saturated rings. The second kappa shape index (κ2) is 7.29. The monoisotopic (exact) mass is 341 g/mol. The first-order valence-electron chi connectivity index (χ1n) is 8.40. The Kier molecular flexibility index (Phi) is 5.11. The van der Waals surface area contributed by atoms with Crippen LogP contribution in [0.2, 0.25) is 0 Å². The number of benzene rings is 1. The minimum Gasteiger partial charge on any atom is -0.393 e. The average Bonchev–Trinajstić information content (AvgIpc) is 2.64. The van der Waals surface area contributed by atoms with Crippen LogP contribution in [-0.4, -0.2) is 57.8 Å². The third kappa shape index (κ3) is 3.70. The molecule has 1 saturated heterocycles. The predicted octanol–water partition coefficient (Wildman–Crippen LogP) is 1.54. The van der Waals surface area contributed by atoms with Crippen molar-refractivity contribution < 1.29 is 14.6 Å². The van der Waals surface area contributed by atoms with Crippen LogP contribution in [-0.2, 0) is 11.2 Å². The van der Waals surface area contributed by atoms with Gasteiger partial charge in [-0.1, -0.05) is 24.3 Å². The molecular weight excluding hydrogens is 318 g/mol. The van der Waals surface area contributed by atoms with Crippen LogP contribution in [0.1, 0.15) is 27.2 Å². The number of rotatable bonds is 4. The molecule has 0 unspecified atom stereocenters. The first kappa shape index (κ1) is 17.5. The summed E-state index contributed by atoms with van der Waals surface area (Å²) in [6.07, 6.45) is 3.54. The first-order valence-corrected chi connectivity index (χ1v) is 8.40. The molecule has 1 aliphatic heterocycles. The maximum atomic E-state index is 12.9. The van der Waals surface area contributed by atoms with Crippen LogP contribution in [0.3, 0.4) is 0 Å². The van der Waals surface area contributed by atoms with E-state index < -0.39 is 5.60 Å². The zero-order chi connectivity index (χ0) is 17.9. The Hall–Kier alpha value is -2.31. The predicted molar refractivity (Wildman–Crippen MR) is 93.3 cm³/mol. The lowest BCUT2D eigenvalue weighted by Gasteiger charge is -2.42. The van der Waals surface area contributed by atoms with Gasteiger partial charge in [-0.05, 0) is 25.0 Å². The largest absolute Gasteiger partial charge is 0.393 e. The van der Waals surface area contributed by atoms with Gasteiger partial charge in [0.2, 0.25) is 0 Å². The van der Waals surface area contributed by atoms with Crippen LogP contribution >= 0.6 is 0 Å². The molecule has 0 bridgehead atoms. The Morgan fingerprint density at radius 1 is 1.36 bits per heavy atom. The summed E-state index contributed by atoms with van der Waals surface area (Å²) in [7, 11) is 0. The van der Waals surface area contributed by atoms with E-state index in [-0.39, 0.29) is 12.5 Å². The van der Waals surface area contributed by atoms with Crippen molar-refractivity contribution in [3.05, 3.63) is 59.2 Å². The fraction of sp³-hybridized carbons (Fsp3) is 0.421. The van der Waals surface area contributed by atoms with Gasteiger partial charge in [-0.15, -0.1) is 0 Å². The van der Waals surface area contributed by atoms with Crippen molar-refractivity contribution >= 4 is 5.91 Å². The summed E-state index contributed by atoms with van der Waals surface area (Å²) in [6, 6.07) is 8.03. The number of aryl methyl sites for hydroxylation is 2. The molecule has 1 aromatic carbocycles. The molecular formula is C19H23N3O3. The molecule has 132 valence electrons. The number of ether oxygens (including phenoxy) is 1. The summed E-state index contributed by atoms with van der Waals surface area (Å²) >= 11 is 0. The van der Waals surface area contributed by atoms with Crippen LogP contribution in [0.15, 0.2) is 36.8 Å². The second-order valence-corrected chi connectivity index (χ2v) is 6.54. The quantitative estimate of drug-likeness (QED) is 0.913. The van der Waals surface area contributed by atoms with E-state index in [2.05, 4.69) is 9.97 Å². The Balaban J connectivity index is 1.82. The molecule has 3 rings (SSSR count). The first-order chi connectivity index (χ1) is 12.0. The van der Waals surface area contributed by atoms with Gasteiger partial charge in [-0.25, -0.2) is 9.97 Å². The van der Waals surface area contributed by atoms with E-state index in [0.717, 1.165) is 11.1 Å². The number of carbonyl (C=O) groups excluding carboxylic acids is 1. The van der Waals surface area contributed by atoms with E-state index in [1.54, 1.807) is 18.0 Å². The molecule has 25 heavy (non-hydrogen) atoms. The molecule has 6 nitrogen and oxygen atoms in total. The summed E-state index contributed by atoms with van der Waals surface area (Å²) in [6.45, 7) is 4.91. The number of aliphatic hydroxyl groups is 1. The van der Waals surface area contributed by atoms with Crippen LogP contribution in [0.4, 0.5) is 0 Å². The van der Waals surface area contributed by atoms with Crippen LogP contribution in [0.25, 0.3) is 0 Å². The summed E-state index contributed by atoms with van der Waals surface area (Å²) in [4.78, 5) is 22.6. The maximum absolute atomic E-state index is 12.9. The van der Waals surface area contributed by atoms with Crippen molar-refractivity contribution in [3.63, 3.8) is 0 Å². The van der Waals surface area contributed by atoms with Gasteiger partial charge in [0.15, 0.2) is 0 Å². The number of carbonyl (C=O) groups is 1. The number of hydrogen-bond acceptors (Lipinski definition) is 5. The Morgan fingerprint density at radius 3 is 2.88 bits per heavy atom. The molecule has 1 N–H and O–H groups in total. The normalized spacial score (nSPS) is 20.5. The lowest BCUT2D eigenvalue weighted by Crippen LogP contribution is -2.57. The Morgan fingerprint density at radius 2 is 2.16 bits per heavy atom. The van der Waals surface area contributed by atoms with Crippen molar-refractivity contribution in [1.82, 2.24) is 14.9 Å². The zero-order valence-corrected chi connectivity index (χ0v) is 14.6. The molecule has 0 spiro atoms. The summed E-state index contributed by atoms with van der Waals surface area (Å²) in [5.41, 5.74) is 2.62. The minimum absolute atomic E-state index is 0.121.